The molecule has 0 N–H and O–H groups in total. The van der Waals surface area contributed by atoms with Gasteiger partial charge in [-0.05, 0) is 31.0 Å². The molecule has 9 nitrogen and oxygen atoms in total. The van der Waals surface area contributed by atoms with Gasteiger partial charge in [0.2, 0.25) is 5.82 Å². The van der Waals surface area contributed by atoms with Gasteiger partial charge in [0.25, 0.3) is 11.8 Å². The molecule has 0 unspecified atom stereocenters. The molecule has 5 rings (SSSR count). The van der Waals surface area contributed by atoms with E-state index in [1.807, 2.05) is 61.5 Å². The summed E-state index contributed by atoms with van der Waals surface area (Å²) < 4.78 is 12.8. The van der Waals surface area contributed by atoms with Crippen molar-refractivity contribution >= 4 is 5.91 Å². The van der Waals surface area contributed by atoms with Gasteiger partial charge < -0.3 is 14.2 Å². The van der Waals surface area contributed by atoms with Crippen LogP contribution >= 0.6 is 0 Å². The first kappa shape index (κ1) is 19.9. The summed E-state index contributed by atoms with van der Waals surface area (Å²) in [6.07, 6.45) is 2.57. The first-order valence-corrected chi connectivity index (χ1v) is 10.4. The lowest BCUT2D eigenvalue weighted by atomic mass is 10.2. The Morgan fingerprint density at radius 1 is 1.19 bits per heavy atom. The van der Waals surface area contributed by atoms with E-state index in [0.717, 1.165) is 17.5 Å². The Labute approximate surface area is 184 Å². The summed E-state index contributed by atoms with van der Waals surface area (Å²) in [6, 6.07) is 17.3. The summed E-state index contributed by atoms with van der Waals surface area (Å²) in [7, 11) is 0. The highest BCUT2D eigenvalue weighted by atomic mass is 16.5. The summed E-state index contributed by atoms with van der Waals surface area (Å²) in [5.41, 5.74) is 2.47. The Balaban J connectivity index is 1.20. The maximum atomic E-state index is 12.6. The van der Waals surface area contributed by atoms with Crippen LogP contribution in [0, 0.1) is 6.92 Å². The highest BCUT2D eigenvalue weighted by Crippen LogP contribution is 2.24. The lowest BCUT2D eigenvalue weighted by Gasteiger charge is -2.17. The summed E-state index contributed by atoms with van der Waals surface area (Å²) >= 11 is 0. The van der Waals surface area contributed by atoms with Crippen molar-refractivity contribution in [2.45, 2.75) is 19.4 Å². The number of hydrogen-bond donors (Lipinski definition) is 0. The lowest BCUT2D eigenvalue weighted by molar-refractivity contribution is -0.132. The molecule has 3 heterocycles. The number of carbonyl (C=O) groups is 1. The Morgan fingerprint density at radius 2 is 2.06 bits per heavy atom. The van der Waals surface area contributed by atoms with E-state index in [2.05, 4.69) is 20.5 Å². The fourth-order valence-electron chi connectivity index (χ4n) is 3.71. The van der Waals surface area contributed by atoms with Gasteiger partial charge in [0.1, 0.15) is 5.75 Å². The second-order valence-corrected chi connectivity index (χ2v) is 7.76. The number of carbonyl (C=O) groups excluding carboxylic acids is 1. The fourth-order valence-corrected chi connectivity index (χ4v) is 3.71. The van der Waals surface area contributed by atoms with E-state index in [9.17, 15) is 4.79 Å². The molecule has 0 spiro atoms. The van der Waals surface area contributed by atoms with Crippen LogP contribution in [0.15, 0.2) is 65.3 Å². The zero-order valence-corrected chi connectivity index (χ0v) is 17.6. The molecule has 4 aromatic rings. The first-order valence-electron chi connectivity index (χ1n) is 10.4. The molecule has 0 aliphatic carbocycles. The van der Waals surface area contributed by atoms with E-state index in [4.69, 9.17) is 9.26 Å². The standard InChI is InChI=1S/C23H22N6O3/c1-16-6-5-9-19(12-16)31-15-21(30)28-11-10-18(13-28)29-14-20(25-27-29)23-24-22(26-32-23)17-7-3-2-4-8-17/h2-9,12,14,18H,10-11,13,15H2,1H3/t18-/m1/s1. The van der Waals surface area contributed by atoms with Gasteiger partial charge in [-0.2, -0.15) is 4.98 Å². The number of nitrogens with zero attached hydrogens (tertiary/aromatic N) is 6. The van der Waals surface area contributed by atoms with E-state index < -0.39 is 0 Å². The summed E-state index contributed by atoms with van der Waals surface area (Å²) in [5, 5.41) is 12.4. The van der Waals surface area contributed by atoms with Crippen molar-refractivity contribution in [1.82, 2.24) is 30.0 Å². The minimum Gasteiger partial charge on any atom is -0.484 e. The van der Waals surface area contributed by atoms with E-state index in [1.165, 1.54) is 0 Å². The Hall–Kier alpha value is -4.01. The molecule has 1 saturated heterocycles. The van der Waals surface area contributed by atoms with Gasteiger partial charge in [-0.3, -0.25) is 4.79 Å². The van der Waals surface area contributed by atoms with Gasteiger partial charge in [-0.15, -0.1) is 5.10 Å². The largest absolute Gasteiger partial charge is 0.484 e. The predicted molar refractivity (Wildman–Crippen MR) is 116 cm³/mol. The third-order valence-corrected chi connectivity index (χ3v) is 5.43. The normalized spacial score (nSPS) is 15.8. The average molecular weight is 430 g/mol. The quantitative estimate of drug-likeness (QED) is 0.463. The zero-order chi connectivity index (χ0) is 21.9. The monoisotopic (exact) mass is 430 g/mol. The molecule has 1 aliphatic rings. The van der Waals surface area contributed by atoms with Gasteiger partial charge >= 0.3 is 0 Å². The van der Waals surface area contributed by atoms with Crippen molar-refractivity contribution in [2.24, 2.45) is 0 Å². The van der Waals surface area contributed by atoms with Crippen molar-refractivity contribution in [3.8, 4) is 28.7 Å². The minimum atomic E-state index is -0.0428. The van der Waals surface area contributed by atoms with Crippen molar-refractivity contribution in [2.75, 3.05) is 19.7 Å². The number of hydrogen-bond acceptors (Lipinski definition) is 7. The molecule has 2 aromatic heterocycles. The molecule has 9 heteroatoms. The van der Waals surface area contributed by atoms with E-state index in [-0.39, 0.29) is 18.6 Å². The van der Waals surface area contributed by atoms with E-state index in [0.29, 0.717) is 36.2 Å². The number of ether oxygens (including phenoxy) is 1. The highest BCUT2D eigenvalue weighted by molar-refractivity contribution is 5.78. The number of amides is 1. The molecule has 1 fully saturated rings. The van der Waals surface area contributed by atoms with Crippen LogP contribution in [0.2, 0.25) is 0 Å². The summed E-state index contributed by atoms with van der Waals surface area (Å²) in [4.78, 5) is 18.8. The molecule has 0 saturated carbocycles. The topological polar surface area (TPSA) is 99.2 Å². The number of aromatic nitrogens is 5. The van der Waals surface area contributed by atoms with Crippen molar-refractivity contribution in [3.05, 3.63) is 66.4 Å². The van der Waals surface area contributed by atoms with Crippen LogP contribution in [0.3, 0.4) is 0 Å². The van der Waals surface area contributed by atoms with Crippen LogP contribution < -0.4 is 4.74 Å². The zero-order valence-electron chi connectivity index (χ0n) is 17.6. The second-order valence-electron chi connectivity index (χ2n) is 7.76. The van der Waals surface area contributed by atoms with Gasteiger partial charge in [-0.25, -0.2) is 4.68 Å². The van der Waals surface area contributed by atoms with Gasteiger partial charge in [-0.1, -0.05) is 52.8 Å². The molecule has 0 bridgehead atoms. The van der Waals surface area contributed by atoms with Crippen LogP contribution in [-0.4, -0.2) is 55.6 Å². The number of likely N-dealkylation sites (tertiary alicyclic amines) is 1. The van der Waals surface area contributed by atoms with Crippen LogP contribution in [0.25, 0.3) is 23.0 Å². The van der Waals surface area contributed by atoms with Gasteiger partial charge in [0.15, 0.2) is 12.3 Å². The molecule has 162 valence electrons. The summed E-state index contributed by atoms with van der Waals surface area (Å²) in [6.45, 7) is 3.21. The number of rotatable bonds is 6. The predicted octanol–water partition coefficient (Wildman–Crippen LogP) is 3.16. The van der Waals surface area contributed by atoms with Crippen LogP contribution in [-0.2, 0) is 4.79 Å². The minimum absolute atomic E-state index is 0.0169. The Morgan fingerprint density at radius 3 is 2.91 bits per heavy atom. The third-order valence-electron chi connectivity index (χ3n) is 5.43. The maximum Gasteiger partial charge on any atom is 0.280 e. The molecule has 0 radical (unpaired) electrons. The van der Waals surface area contributed by atoms with Crippen LogP contribution in [0.1, 0.15) is 18.0 Å². The van der Waals surface area contributed by atoms with Gasteiger partial charge in [0, 0.05) is 18.7 Å². The molecule has 1 amide bonds. The fraction of sp³-hybridized carbons (Fsp3) is 0.261. The molecule has 2 aromatic carbocycles. The van der Waals surface area contributed by atoms with Gasteiger partial charge in [0.05, 0.1) is 12.2 Å². The Bertz CT molecular complexity index is 1220. The van der Waals surface area contributed by atoms with E-state index >= 15 is 0 Å². The lowest BCUT2D eigenvalue weighted by Crippen LogP contribution is -2.33. The molecule has 32 heavy (non-hydrogen) atoms. The van der Waals surface area contributed by atoms with E-state index in [1.54, 1.807) is 15.8 Å². The average Bonchev–Trinajstić information content (AvgIpc) is 3.58. The van der Waals surface area contributed by atoms with Crippen molar-refractivity contribution < 1.29 is 14.1 Å². The first-order chi connectivity index (χ1) is 15.7. The SMILES string of the molecule is Cc1cccc(OCC(=O)N2CC[C@@H](n3cc(-c4nc(-c5ccccc5)no4)nn3)C2)c1. The second kappa shape index (κ2) is 8.62. The molecule has 1 aliphatic heterocycles. The molecular formula is C23H22N6O3. The van der Waals surface area contributed by atoms with Crippen molar-refractivity contribution in [3.63, 3.8) is 0 Å². The maximum absolute atomic E-state index is 12.6. The highest BCUT2D eigenvalue weighted by Gasteiger charge is 2.29. The smallest absolute Gasteiger partial charge is 0.280 e. The summed E-state index contributed by atoms with van der Waals surface area (Å²) in [5.74, 6) is 1.47. The molecular weight excluding hydrogens is 408 g/mol. The van der Waals surface area contributed by atoms with Crippen LogP contribution in [0.4, 0.5) is 0 Å². The van der Waals surface area contributed by atoms with Crippen LogP contribution in [0.5, 0.6) is 5.75 Å². The molecule has 1 atom stereocenters. The number of aryl methyl sites for hydroxylation is 1. The van der Waals surface area contributed by atoms with Crippen molar-refractivity contribution in [1.29, 1.82) is 0 Å². The Kier molecular flexibility index (Phi) is 5.37. The number of benzene rings is 2. The third kappa shape index (κ3) is 4.22.